The number of amides is 1. The Hall–Kier alpha value is -1.85. The number of rotatable bonds is 3. The summed E-state index contributed by atoms with van der Waals surface area (Å²) in [6.07, 6.45) is 8.79. The highest BCUT2D eigenvalue weighted by atomic mass is 16.2. The van der Waals surface area contributed by atoms with Crippen LogP contribution in [0.3, 0.4) is 0 Å². The Kier molecular flexibility index (Phi) is 3.48. The van der Waals surface area contributed by atoms with Gasteiger partial charge in [0.1, 0.15) is 6.33 Å². The molecule has 1 N–H and O–H groups in total. The predicted octanol–water partition coefficient (Wildman–Crippen LogP) is 0.810. The first-order valence-electron chi connectivity index (χ1n) is 6.87. The van der Waals surface area contributed by atoms with Crippen LogP contribution >= 0.6 is 0 Å². The van der Waals surface area contributed by atoms with Crippen LogP contribution in [0.4, 0.5) is 5.95 Å². The second-order valence-corrected chi connectivity index (χ2v) is 5.15. The zero-order chi connectivity index (χ0) is 13.1. The van der Waals surface area contributed by atoms with E-state index in [0.717, 1.165) is 45.0 Å². The second kappa shape index (κ2) is 5.42. The van der Waals surface area contributed by atoms with Gasteiger partial charge in [-0.25, -0.2) is 5.10 Å². The monoisotopic (exact) mass is 261 g/mol. The fourth-order valence-electron chi connectivity index (χ4n) is 2.74. The molecule has 0 bridgehead atoms. The molecule has 0 spiro atoms. The number of anilines is 1. The maximum Gasteiger partial charge on any atom is 0.223 e. The molecule has 1 aliphatic carbocycles. The molecule has 102 valence electrons. The number of nitrogens with zero attached hydrogens (tertiary/aromatic N) is 4. The van der Waals surface area contributed by atoms with E-state index in [1.165, 1.54) is 6.33 Å². The Morgan fingerprint density at radius 2 is 2.21 bits per heavy atom. The quantitative estimate of drug-likeness (QED) is 0.818. The number of piperazine rings is 1. The lowest BCUT2D eigenvalue weighted by Crippen LogP contribution is -2.49. The van der Waals surface area contributed by atoms with Crippen LogP contribution in [0.5, 0.6) is 0 Å². The molecule has 2 aliphatic rings. The zero-order valence-corrected chi connectivity index (χ0v) is 11.0. The molecule has 1 amide bonds. The van der Waals surface area contributed by atoms with Crippen LogP contribution in [0.15, 0.2) is 18.5 Å². The molecule has 0 saturated carbocycles. The minimum atomic E-state index is 0.286. The molecule has 0 aromatic carbocycles. The number of hydrogen-bond acceptors (Lipinski definition) is 4. The third kappa shape index (κ3) is 2.77. The molecule has 1 saturated heterocycles. The van der Waals surface area contributed by atoms with Crippen molar-refractivity contribution in [1.29, 1.82) is 0 Å². The fourth-order valence-corrected chi connectivity index (χ4v) is 2.74. The van der Waals surface area contributed by atoms with Crippen LogP contribution in [0.2, 0.25) is 0 Å². The lowest BCUT2D eigenvalue weighted by Gasteiger charge is -2.34. The molecule has 1 atom stereocenters. The van der Waals surface area contributed by atoms with Crippen molar-refractivity contribution < 1.29 is 4.79 Å². The van der Waals surface area contributed by atoms with E-state index in [1.807, 2.05) is 4.90 Å². The molecule has 19 heavy (non-hydrogen) atoms. The van der Waals surface area contributed by atoms with Crippen LogP contribution in [0.25, 0.3) is 0 Å². The standard InChI is InChI=1S/C13H19N5O/c19-12(9-11-3-1-2-4-11)17-5-7-18(8-6-17)13-14-10-15-16-13/h1,3,10-11H,2,4-9H2,(H,14,15,16). The number of H-pyrrole nitrogens is 1. The molecule has 3 rings (SSSR count). The maximum atomic E-state index is 12.2. The van der Waals surface area contributed by atoms with Crippen molar-refractivity contribution in [2.45, 2.75) is 19.3 Å². The van der Waals surface area contributed by atoms with E-state index in [1.54, 1.807) is 0 Å². The highest BCUT2D eigenvalue weighted by Gasteiger charge is 2.24. The molecule has 6 nitrogen and oxygen atoms in total. The Bertz CT molecular complexity index is 448. The fraction of sp³-hybridized carbons (Fsp3) is 0.615. The lowest BCUT2D eigenvalue weighted by molar-refractivity contribution is -0.132. The predicted molar refractivity (Wildman–Crippen MR) is 71.7 cm³/mol. The molecule has 1 aliphatic heterocycles. The normalized spacial score (nSPS) is 23.1. The highest BCUT2D eigenvalue weighted by molar-refractivity contribution is 5.77. The van der Waals surface area contributed by atoms with Gasteiger partial charge in [0.15, 0.2) is 0 Å². The van der Waals surface area contributed by atoms with Gasteiger partial charge in [0.25, 0.3) is 0 Å². The smallest absolute Gasteiger partial charge is 0.223 e. The molecule has 1 fully saturated rings. The van der Waals surface area contributed by atoms with Gasteiger partial charge in [-0.15, -0.1) is 0 Å². The van der Waals surface area contributed by atoms with E-state index in [4.69, 9.17) is 0 Å². The van der Waals surface area contributed by atoms with Crippen LogP contribution < -0.4 is 4.90 Å². The third-order valence-corrected chi connectivity index (χ3v) is 3.88. The van der Waals surface area contributed by atoms with Crippen molar-refractivity contribution in [2.75, 3.05) is 31.1 Å². The minimum absolute atomic E-state index is 0.286. The molecular formula is C13H19N5O. The summed E-state index contributed by atoms with van der Waals surface area (Å²) in [7, 11) is 0. The Balaban J connectivity index is 1.49. The van der Waals surface area contributed by atoms with E-state index < -0.39 is 0 Å². The van der Waals surface area contributed by atoms with Gasteiger partial charge in [0, 0.05) is 32.6 Å². The summed E-state index contributed by atoms with van der Waals surface area (Å²) in [5.74, 6) is 1.54. The van der Waals surface area contributed by atoms with Gasteiger partial charge >= 0.3 is 0 Å². The summed E-state index contributed by atoms with van der Waals surface area (Å²) in [6.45, 7) is 3.19. The number of allylic oxidation sites excluding steroid dienone is 2. The number of aromatic amines is 1. The lowest BCUT2D eigenvalue weighted by atomic mass is 10.0. The molecule has 1 aromatic heterocycles. The van der Waals surface area contributed by atoms with Crippen LogP contribution in [-0.4, -0.2) is 52.2 Å². The van der Waals surface area contributed by atoms with Gasteiger partial charge in [-0.05, 0) is 18.8 Å². The van der Waals surface area contributed by atoms with Crippen molar-refractivity contribution in [3.8, 4) is 0 Å². The van der Waals surface area contributed by atoms with Gasteiger partial charge in [-0.1, -0.05) is 12.2 Å². The summed E-state index contributed by atoms with van der Waals surface area (Å²) < 4.78 is 0. The molecule has 2 heterocycles. The van der Waals surface area contributed by atoms with E-state index in [2.05, 4.69) is 32.2 Å². The summed E-state index contributed by atoms with van der Waals surface area (Å²) >= 11 is 0. The number of hydrogen-bond donors (Lipinski definition) is 1. The van der Waals surface area contributed by atoms with Gasteiger partial charge in [0.2, 0.25) is 11.9 Å². The zero-order valence-electron chi connectivity index (χ0n) is 11.0. The Labute approximate surface area is 112 Å². The maximum absolute atomic E-state index is 12.2. The van der Waals surface area contributed by atoms with E-state index >= 15 is 0 Å². The summed E-state index contributed by atoms with van der Waals surface area (Å²) in [5, 5.41) is 6.72. The molecule has 6 heteroatoms. The third-order valence-electron chi connectivity index (χ3n) is 3.88. The summed E-state index contributed by atoms with van der Waals surface area (Å²) in [5.41, 5.74) is 0. The molecule has 0 radical (unpaired) electrons. The molecule has 1 aromatic rings. The van der Waals surface area contributed by atoms with Crippen LogP contribution in [0, 0.1) is 5.92 Å². The highest BCUT2D eigenvalue weighted by Crippen LogP contribution is 2.21. The van der Waals surface area contributed by atoms with Gasteiger partial charge in [-0.2, -0.15) is 10.1 Å². The summed E-state index contributed by atoms with van der Waals surface area (Å²) in [4.78, 5) is 20.4. The number of carbonyl (C=O) groups is 1. The number of nitrogens with one attached hydrogen (secondary N) is 1. The van der Waals surface area contributed by atoms with E-state index in [-0.39, 0.29) is 5.91 Å². The average Bonchev–Trinajstić information content (AvgIpc) is 3.12. The Morgan fingerprint density at radius 1 is 1.37 bits per heavy atom. The van der Waals surface area contributed by atoms with Crippen LogP contribution in [0.1, 0.15) is 19.3 Å². The van der Waals surface area contributed by atoms with Gasteiger partial charge in [0.05, 0.1) is 0 Å². The second-order valence-electron chi connectivity index (χ2n) is 5.15. The summed E-state index contributed by atoms with van der Waals surface area (Å²) in [6, 6.07) is 0. The SMILES string of the molecule is O=C(CC1C=CCC1)N1CCN(c2ncn[nH]2)CC1. The number of carbonyl (C=O) groups excluding carboxylic acids is 1. The Morgan fingerprint density at radius 3 is 2.84 bits per heavy atom. The average molecular weight is 261 g/mol. The molecular weight excluding hydrogens is 242 g/mol. The van der Waals surface area contributed by atoms with Crippen LogP contribution in [-0.2, 0) is 4.79 Å². The molecule has 1 unspecified atom stereocenters. The van der Waals surface area contributed by atoms with Crippen molar-refractivity contribution in [3.63, 3.8) is 0 Å². The first-order valence-corrected chi connectivity index (χ1v) is 6.87. The van der Waals surface area contributed by atoms with Gasteiger partial charge < -0.3 is 9.80 Å². The van der Waals surface area contributed by atoms with E-state index in [9.17, 15) is 4.79 Å². The van der Waals surface area contributed by atoms with E-state index in [0.29, 0.717) is 12.3 Å². The first kappa shape index (κ1) is 12.2. The largest absolute Gasteiger partial charge is 0.339 e. The topological polar surface area (TPSA) is 65.1 Å². The van der Waals surface area contributed by atoms with Crippen molar-refractivity contribution >= 4 is 11.9 Å². The van der Waals surface area contributed by atoms with Crippen molar-refractivity contribution in [1.82, 2.24) is 20.1 Å². The number of aromatic nitrogens is 3. The van der Waals surface area contributed by atoms with Crippen molar-refractivity contribution in [2.24, 2.45) is 5.92 Å². The minimum Gasteiger partial charge on any atom is -0.339 e. The van der Waals surface area contributed by atoms with Crippen molar-refractivity contribution in [3.05, 3.63) is 18.5 Å². The van der Waals surface area contributed by atoms with Gasteiger partial charge in [-0.3, -0.25) is 4.79 Å². The first-order chi connectivity index (χ1) is 9.33.